The Bertz CT molecular complexity index is 599. The predicted octanol–water partition coefficient (Wildman–Crippen LogP) is 3.02. The van der Waals surface area contributed by atoms with Crippen molar-refractivity contribution in [2.75, 3.05) is 0 Å². The van der Waals surface area contributed by atoms with Crippen LogP contribution in [0.2, 0.25) is 0 Å². The number of aromatic nitrogens is 1. The lowest BCUT2D eigenvalue weighted by Gasteiger charge is -2.09. The van der Waals surface area contributed by atoms with E-state index in [0.29, 0.717) is 5.56 Å². The molecule has 0 aliphatic heterocycles. The van der Waals surface area contributed by atoms with Crippen LogP contribution in [-0.4, -0.2) is 16.1 Å². The van der Waals surface area contributed by atoms with E-state index < -0.39 is 11.8 Å². The molecule has 0 unspecified atom stereocenters. The van der Waals surface area contributed by atoms with Gasteiger partial charge in [0.25, 0.3) is 0 Å². The van der Waals surface area contributed by atoms with Crippen molar-refractivity contribution in [2.45, 2.75) is 6.92 Å². The Labute approximate surface area is 103 Å². The Morgan fingerprint density at radius 1 is 1.33 bits per heavy atom. The maximum absolute atomic E-state index is 13.7. The summed E-state index contributed by atoms with van der Waals surface area (Å²) in [7, 11) is 0. The molecule has 0 saturated carbocycles. The normalized spacial score (nSPS) is 10.1. The van der Waals surface area contributed by atoms with Gasteiger partial charge in [0.1, 0.15) is 5.56 Å². The van der Waals surface area contributed by atoms with Gasteiger partial charge in [0.05, 0.1) is 6.20 Å². The first-order chi connectivity index (χ1) is 8.59. The predicted molar refractivity (Wildman–Crippen MR) is 62.4 cm³/mol. The van der Waals surface area contributed by atoms with Crippen molar-refractivity contribution >= 4 is 5.97 Å². The number of carbonyl (C=O) groups is 1. The van der Waals surface area contributed by atoms with Gasteiger partial charge < -0.3 is 9.84 Å². The smallest absolute Gasteiger partial charge is 0.339 e. The van der Waals surface area contributed by atoms with Crippen molar-refractivity contribution in [2.24, 2.45) is 0 Å². The molecule has 1 N–H and O–H groups in total. The van der Waals surface area contributed by atoms with Gasteiger partial charge in [0.15, 0.2) is 17.3 Å². The first-order valence-electron chi connectivity index (χ1n) is 5.20. The van der Waals surface area contributed by atoms with E-state index in [2.05, 4.69) is 4.98 Å². The number of halogens is 1. The molecule has 0 saturated heterocycles. The van der Waals surface area contributed by atoms with Crippen LogP contribution >= 0.6 is 0 Å². The molecule has 0 amide bonds. The number of hydrogen-bond acceptors (Lipinski definition) is 3. The zero-order valence-corrected chi connectivity index (χ0v) is 9.55. The number of aromatic carboxylic acids is 1. The molecule has 0 atom stereocenters. The lowest BCUT2D eigenvalue weighted by molar-refractivity contribution is 0.0694. The maximum Gasteiger partial charge on any atom is 0.339 e. The quantitative estimate of drug-likeness (QED) is 0.905. The summed E-state index contributed by atoms with van der Waals surface area (Å²) >= 11 is 0. The Hall–Kier alpha value is -2.43. The standard InChI is InChI=1S/C13H10FNO3/c1-8-3-2-4-10(12(8)14)18-11-7-15-6-5-9(11)13(16)17/h2-7H,1H3,(H,16,17). The largest absolute Gasteiger partial charge is 0.478 e. The molecule has 0 radical (unpaired) electrons. The lowest BCUT2D eigenvalue weighted by Crippen LogP contribution is -2.01. The summed E-state index contributed by atoms with van der Waals surface area (Å²) in [6.07, 6.45) is 2.58. The second-order valence-corrected chi connectivity index (χ2v) is 3.67. The van der Waals surface area contributed by atoms with E-state index >= 15 is 0 Å². The van der Waals surface area contributed by atoms with Crippen molar-refractivity contribution in [3.05, 3.63) is 53.6 Å². The van der Waals surface area contributed by atoms with Crippen LogP contribution in [0.15, 0.2) is 36.7 Å². The molecule has 0 spiro atoms. The molecule has 1 heterocycles. The van der Waals surface area contributed by atoms with Gasteiger partial charge >= 0.3 is 5.97 Å². The number of ether oxygens (including phenoxy) is 1. The number of nitrogens with zero attached hydrogens (tertiary/aromatic N) is 1. The van der Waals surface area contributed by atoms with Crippen molar-refractivity contribution in [1.29, 1.82) is 0 Å². The topological polar surface area (TPSA) is 59.4 Å². The Morgan fingerprint density at radius 2 is 2.11 bits per heavy atom. The van der Waals surface area contributed by atoms with Crippen LogP contribution in [0.25, 0.3) is 0 Å². The first-order valence-corrected chi connectivity index (χ1v) is 5.20. The van der Waals surface area contributed by atoms with Crippen LogP contribution in [-0.2, 0) is 0 Å². The van der Waals surface area contributed by atoms with E-state index in [1.54, 1.807) is 19.1 Å². The van der Waals surface area contributed by atoms with Gasteiger partial charge in [-0.1, -0.05) is 12.1 Å². The summed E-state index contributed by atoms with van der Waals surface area (Å²) in [6, 6.07) is 5.96. The minimum Gasteiger partial charge on any atom is -0.478 e. The van der Waals surface area contributed by atoms with E-state index in [1.807, 2.05) is 0 Å². The molecule has 18 heavy (non-hydrogen) atoms. The minimum absolute atomic E-state index is 0.00880. The van der Waals surface area contributed by atoms with Gasteiger partial charge in [0.2, 0.25) is 0 Å². The summed E-state index contributed by atoms with van der Waals surface area (Å²) < 4.78 is 19.0. The summed E-state index contributed by atoms with van der Waals surface area (Å²) in [5, 5.41) is 8.97. The van der Waals surface area contributed by atoms with Crippen LogP contribution in [0.3, 0.4) is 0 Å². The van der Waals surface area contributed by atoms with Crippen LogP contribution in [0.5, 0.6) is 11.5 Å². The number of aryl methyl sites for hydroxylation is 1. The van der Waals surface area contributed by atoms with Gasteiger partial charge in [-0.05, 0) is 24.6 Å². The number of hydrogen-bond donors (Lipinski definition) is 1. The van der Waals surface area contributed by atoms with Crippen molar-refractivity contribution in [1.82, 2.24) is 4.98 Å². The zero-order chi connectivity index (χ0) is 13.1. The van der Waals surface area contributed by atoms with Crippen LogP contribution < -0.4 is 4.74 Å². The fourth-order valence-electron chi connectivity index (χ4n) is 1.46. The van der Waals surface area contributed by atoms with Crippen LogP contribution in [0.1, 0.15) is 15.9 Å². The van der Waals surface area contributed by atoms with Gasteiger partial charge in [-0.25, -0.2) is 9.18 Å². The fourth-order valence-corrected chi connectivity index (χ4v) is 1.46. The van der Waals surface area contributed by atoms with Crippen molar-refractivity contribution < 1.29 is 19.0 Å². The highest BCUT2D eigenvalue weighted by Crippen LogP contribution is 2.27. The van der Waals surface area contributed by atoms with E-state index in [9.17, 15) is 9.18 Å². The van der Waals surface area contributed by atoms with Crippen molar-refractivity contribution in [3.63, 3.8) is 0 Å². The molecule has 92 valence electrons. The highest BCUT2D eigenvalue weighted by Gasteiger charge is 2.14. The van der Waals surface area contributed by atoms with E-state index in [1.165, 1.54) is 24.5 Å². The Kier molecular flexibility index (Phi) is 3.23. The molecule has 0 aliphatic rings. The summed E-state index contributed by atoms with van der Waals surface area (Å²) in [4.78, 5) is 14.7. The molecule has 4 nitrogen and oxygen atoms in total. The number of pyridine rings is 1. The molecule has 1 aromatic carbocycles. The molecule has 2 rings (SSSR count). The molecule has 0 fully saturated rings. The van der Waals surface area contributed by atoms with E-state index in [4.69, 9.17) is 9.84 Å². The Balaban J connectivity index is 2.40. The molecular weight excluding hydrogens is 237 g/mol. The highest BCUT2D eigenvalue weighted by molar-refractivity contribution is 5.90. The van der Waals surface area contributed by atoms with Gasteiger partial charge in [-0.2, -0.15) is 0 Å². The third kappa shape index (κ3) is 2.29. The second-order valence-electron chi connectivity index (χ2n) is 3.67. The SMILES string of the molecule is Cc1cccc(Oc2cnccc2C(=O)O)c1F. The molecule has 5 heteroatoms. The average molecular weight is 247 g/mol. The highest BCUT2D eigenvalue weighted by atomic mass is 19.1. The maximum atomic E-state index is 13.7. The lowest BCUT2D eigenvalue weighted by atomic mass is 10.2. The van der Waals surface area contributed by atoms with Crippen molar-refractivity contribution in [3.8, 4) is 11.5 Å². The number of carboxylic acids is 1. The summed E-state index contributed by atoms with van der Waals surface area (Å²) in [5.74, 6) is -1.68. The summed E-state index contributed by atoms with van der Waals surface area (Å²) in [5.41, 5.74) is 0.360. The van der Waals surface area contributed by atoms with Gasteiger partial charge in [-0.3, -0.25) is 4.98 Å². The molecule has 1 aromatic heterocycles. The summed E-state index contributed by atoms with van der Waals surface area (Å²) in [6.45, 7) is 1.60. The minimum atomic E-state index is -1.15. The third-order valence-corrected chi connectivity index (χ3v) is 2.39. The monoisotopic (exact) mass is 247 g/mol. The van der Waals surface area contributed by atoms with Crippen LogP contribution in [0, 0.1) is 12.7 Å². The fraction of sp³-hybridized carbons (Fsp3) is 0.0769. The first kappa shape index (κ1) is 12.0. The van der Waals surface area contributed by atoms with Gasteiger partial charge in [0, 0.05) is 6.20 Å². The average Bonchev–Trinajstić information content (AvgIpc) is 2.35. The number of carboxylic acid groups (broad SMARTS) is 1. The van der Waals surface area contributed by atoms with Crippen LogP contribution in [0.4, 0.5) is 4.39 Å². The molecule has 0 bridgehead atoms. The number of rotatable bonds is 3. The van der Waals surface area contributed by atoms with E-state index in [-0.39, 0.29) is 17.1 Å². The van der Waals surface area contributed by atoms with E-state index in [0.717, 1.165) is 0 Å². The van der Waals surface area contributed by atoms with Gasteiger partial charge in [-0.15, -0.1) is 0 Å². The zero-order valence-electron chi connectivity index (χ0n) is 9.55. The molecule has 0 aliphatic carbocycles. The molecule has 2 aromatic rings. The second kappa shape index (κ2) is 4.83. The Morgan fingerprint density at radius 3 is 2.83 bits per heavy atom. The number of benzene rings is 1. The molecular formula is C13H10FNO3. The third-order valence-electron chi connectivity index (χ3n) is 2.39.